The van der Waals surface area contributed by atoms with E-state index in [0.717, 1.165) is 18.7 Å². The van der Waals surface area contributed by atoms with Crippen LogP contribution in [0, 0.1) is 0 Å². The molecule has 0 spiro atoms. The average Bonchev–Trinajstić information content (AvgIpc) is 2.19. The highest BCUT2D eigenvalue weighted by Crippen LogP contribution is 2.03. The molecule has 76 valence electrons. The Bertz CT molecular complexity index is 295. The van der Waals surface area contributed by atoms with Crippen molar-refractivity contribution < 1.29 is 9.90 Å². The van der Waals surface area contributed by atoms with E-state index in [4.69, 9.17) is 10.8 Å². The predicted octanol–water partition coefficient (Wildman–Crippen LogP) is 0.433. The van der Waals surface area contributed by atoms with Gasteiger partial charge in [-0.2, -0.15) is 0 Å². The van der Waals surface area contributed by atoms with Crippen LogP contribution in [0.15, 0.2) is 24.3 Å². The van der Waals surface area contributed by atoms with Crippen molar-refractivity contribution >= 4 is 5.97 Å². The molecular formula is C10H14N2O2. The number of carboxylic acid groups (broad SMARTS) is 1. The highest BCUT2D eigenvalue weighted by atomic mass is 16.4. The molecule has 0 saturated carbocycles. The Hall–Kier alpha value is -1.39. The van der Waals surface area contributed by atoms with E-state index in [9.17, 15) is 4.79 Å². The Kier molecular flexibility index (Phi) is 4.10. The van der Waals surface area contributed by atoms with Gasteiger partial charge in [-0.3, -0.25) is 0 Å². The molecule has 0 atom stereocenters. The molecule has 0 heterocycles. The van der Waals surface area contributed by atoms with Gasteiger partial charge in [-0.05, 0) is 17.7 Å². The summed E-state index contributed by atoms with van der Waals surface area (Å²) < 4.78 is 0. The summed E-state index contributed by atoms with van der Waals surface area (Å²) in [6, 6.07) is 6.80. The van der Waals surface area contributed by atoms with Gasteiger partial charge >= 0.3 is 5.97 Å². The number of nitrogens with one attached hydrogen (secondary N) is 1. The lowest BCUT2D eigenvalue weighted by Crippen LogP contribution is -2.21. The van der Waals surface area contributed by atoms with Crippen LogP contribution >= 0.6 is 0 Å². The summed E-state index contributed by atoms with van der Waals surface area (Å²) in [4.78, 5) is 10.5. The molecular weight excluding hydrogens is 180 g/mol. The minimum absolute atomic E-state index is 0.313. The second kappa shape index (κ2) is 5.36. The van der Waals surface area contributed by atoms with Gasteiger partial charge in [-0.1, -0.05) is 12.1 Å². The second-order valence-electron chi connectivity index (χ2n) is 2.97. The third kappa shape index (κ3) is 3.16. The fraction of sp³-hybridized carbons (Fsp3) is 0.300. The Balaban J connectivity index is 2.51. The van der Waals surface area contributed by atoms with Crippen molar-refractivity contribution in [2.45, 2.75) is 6.54 Å². The maximum atomic E-state index is 10.5. The van der Waals surface area contributed by atoms with Crippen LogP contribution in [0.4, 0.5) is 0 Å². The van der Waals surface area contributed by atoms with Crippen LogP contribution in [0.2, 0.25) is 0 Å². The number of rotatable bonds is 5. The van der Waals surface area contributed by atoms with Gasteiger partial charge in [-0.15, -0.1) is 0 Å². The fourth-order valence-electron chi connectivity index (χ4n) is 1.10. The van der Waals surface area contributed by atoms with Gasteiger partial charge in [-0.25, -0.2) is 4.79 Å². The highest BCUT2D eigenvalue weighted by molar-refractivity contribution is 5.87. The lowest BCUT2D eigenvalue weighted by Gasteiger charge is -2.03. The summed E-state index contributed by atoms with van der Waals surface area (Å²) in [5, 5.41) is 11.8. The van der Waals surface area contributed by atoms with Crippen molar-refractivity contribution in [2.75, 3.05) is 13.1 Å². The maximum absolute atomic E-state index is 10.5. The van der Waals surface area contributed by atoms with Crippen molar-refractivity contribution in [3.05, 3.63) is 35.4 Å². The van der Waals surface area contributed by atoms with Gasteiger partial charge in [0.25, 0.3) is 0 Å². The van der Waals surface area contributed by atoms with Crippen molar-refractivity contribution in [1.82, 2.24) is 5.32 Å². The molecule has 0 radical (unpaired) electrons. The quantitative estimate of drug-likeness (QED) is 0.594. The van der Waals surface area contributed by atoms with Crippen molar-refractivity contribution in [3.63, 3.8) is 0 Å². The van der Waals surface area contributed by atoms with Crippen LogP contribution in [0.1, 0.15) is 15.9 Å². The highest BCUT2D eigenvalue weighted by Gasteiger charge is 2.00. The molecule has 1 rings (SSSR count). The van der Waals surface area contributed by atoms with E-state index >= 15 is 0 Å². The smallest absolute Gasteiger partial charge is 0.335 e. The Morgan fingerprint density at radius 1 is 1.36 bits per heavy atom. The van der Waals surface area contributed by atoms with E-state index in [0.29, 0.717) is 12.1 Å². The minimum atomic E-state index is -0.897. The zero-order valence-electron chi connectivity index (χ0n) is 7.86. The second-order valence-corrected chi connectivity index (χ2v) is 2.97. The average molecular weight is 194 g/mol. The molecule has 0 saturated heterocycles. The lowest BCUT2D eigenvalue weighted by atomic mass is 10.1. The number of benzene rings is 1. The van der Waals surface area contributed by atoms with Crippen molar-refractivity contribution in [2.24, 2.45) is 5.73 Å². The largest absolute Gasteiger partial charge is 0.478 e. The van der Waals surface area contributed by atoms with Gasteiger partial charge in [0.2, 0.25) is 0 Å². The minimum Gasteiger partial charge on any atom is -0.478 e. The molecule has 4 N–H and O–H groups in total. The van der Waals surface area contributed by atoms with Crippen LogP contribution in [0.25, 0.3) is 0 Å². The molecule has 0 amide bonds. The first-order valence-electron chi connectivity index (χ1n) is 4.47. The zero-order chi connectivity index (χ0) is 10.4. The molecule has 4 heteroatoms. The maximum Gasteiger partial charge on any atom is 0.335 e. The lowest BCUT2D eigenvalue weighted by molar-refractivity contribution is 0.0697. The third-order valence-electron chi connectivity index (χ3n) is 1.85. The molecule has 0 bridgehead atoms. The van der Waals surface area contributed by atoms with Gasteiger partial charge in [0.1, 0.15) is 0 Å². The van der Waals surface area contributed by atoms with Crippen LogP contribution < -0.4 is 11.1 Å². The summed E-state index contributed by atoms with van der Waals surface area (Å²) >= 11 is 0. The van der Waals surface area contributed by atoms with Gasteiger partial charge in [0.15, 0.2) is 0 Å². The number of nitrogens with two attached hydrogens (primary N) is 1. The summed E-state index contributed by atoms with van der Waals surface area (Å²) in [6.45, 7) is 2.09. The normalized spacial score (nSPS) is 10.1. The fourth-order valence-corrected chi connectivity index (χ4v) is 1.10. The first-order chi connectivity index (χ1) is 6.74. The Labute approximate surface area is 82.7 Å². The standard InChI is InChI=1S/C10H14N2O2/c11-5-6-12-7-8-1-3-9(4-2-8)10(13)14/h1-4,12H,5-7,11H2,(H,13,14). The van der Waals surface area contributed by atoms with E-state index in [1.54, 1.807) is 24.3 Å². The molecule has 0 aliphatic carbocycles. The zero-order valence-corrected chi connectivity index (χ0v) is 7.86. The van der Waals surface area contributed by atoms with Gasteiger partial charge in [0, 0.05) is 19.6 Å². The molecule has 0 aliphatic rings. The number of carboxylic acids is 1. The number of hydrogen-bond acceptors (Lipinski definition) is 3. The Morgan fingerprint density at radius 3 is 2.50 bits per heavy atom. The van der Waals surface area contributed by atoms with E-state index in [2.05, 4.69) is 5.32 Å². The van der Waals surface area contributed by atoms with Crippen LogP contribution in [0.5, 0.6) is 0 Å². The summed E-state index contributed by atoms with van der Waals surface area (Å²) in [6.07, 6.45) is 0. The molecule has 0 aromatic heterocycles. The van der Waals surface area contributed by atoms with Gasteiger partial charge < -0.3 is 16.2 Å². The molecule has 1 aromatic rings. The first kappa shape index (κ1) is 10.7. The summed E-state index contributed by atoms with van der Waals surface area (Å²) in [5.74, 6) is -0.897. The summed E-state index contributed by atoms with van der Waals surface area (Å²) in [7, 11) is 0. The number of carbonyl (C=O) groups is 1. The van der Waals surface area contributed by atoms with Crippen molar-refractivity contribution in [3.8, 4) is 0 Å². The molecule has 0 aliphatic heterocycles. The number of aromatic carboxylic acids is 1. The van der Waals surface area contributed by atoms with Gasteiger partial charge in [0.05, 0.1) is 5.56 Å². The first-order valence-corrected chi connectivity index (χ1v) is 4.47. The van der Waals surface area contributed by atoms with E-state index in [-0.39, 0.29) is 0 Å². The summed E-state index contributed by atoms with van der Waals surface area (Å²) in [5.41, 5.74) is 6.69. The van der Waals surface area contributed by atoms with Crippen LogP contribution in [-0.4, -0.2) is 24.2 Å². The molecule has 1 aromatic carbocycles. The molecule has 14 heavy (non-hydrogen) atoms. The Morgan fingerprint density at radius 2 is 2.00 bits per heavy atom. The van der Waals surface area contributed by atoms with Crippen molar-refractivity contribution in [1.29, 1.82) is 0 Å². The molecule has 0 unspecified atom stereocenters. The molecule has 0 fully saturated rings. The number of hydrogen-bond donors (Lipinski definition) is 3. The van der Waals surface area contributed by atoms with E-state index in [1.807, 2.05) is 0 Å². The van der Waals surface area contributed by atoms with Crippen LogP contribution in [0.3, 0.4) is 0 Å². The van der Waals surface area contributed by atoms with Crippen LogP contribution in [-0.2, 0) is 6.54 Å². The topological polar surface area (TPSA) is 75.3 Å². The SMILES string of the molecule is NCCNCc1ccc(C(=O)O)cc1. The third-order valence-corrected chi connectivity index (χ3v) is 1.85. The van der Waals surface area contributed by atoms with E-state index < -0.39 is 5.97 Å². The molecule has 4 nitrogen and oxygen atoms in total. The monoisotopic (exact) mass is 194 g/mol. The van der Waals surface area contributed by atoms with E-state index in [1.165, 1.54) is 0 Å². The predicted molar refractivity (Wildman–Crippen MR) is 54.2 cm³/mol.